The van der Waals surface area contributed by atoms with Gasteiger partial charge in [-0.3, -0.25) is 9.10 Å². The summed E-state index contributed by atoms with van der Waals surface area (Å²) in [6.45, 7) is 2.09. The highest BCUT2D eigenvalue weighted by molar-refractivity contribution is 7.92. The molecule has 0 bridgehead atoms. The topological polar surface area (TPSA) is 54.5 Å². The van der Waals surface area contributed by atoms with Crippen molar-refractivity contribution in [1.82, 2.24) is 0 Å². The average Bonchev–Trinajstić information content (AvgIpc) is 3.20. The first-order chi connectivity index (χ1) is 9.47. The lowest BCUT2D eigenvalue weighted by atomic mass is 9.99. The fraction of sp³-hybridized carbons (Fsp3) is 0.533. The van der Waals surface area contributed by atoms with E-state index in [0.29, 0.717) is 18.0 Å². The Hall–Kier alpha value is -1.36. The van der Waals surface area contributed by atoms with Crippen LogP contribution in [0.4, 0.5) is 5.69 Å². The minimum Gasteiger partial charge on any atom is -0.295 e. The molecule has 3 rings (SSSR count). The van der Waals surface area contributed by atoms with Gasteiger partial charge in [-0.2, -0.15) is 0 Å². The third-order valence-electron chi connectivity index (χ3n) is 4.04. The zero-order valence-electron chi connectivity index (χ0n) is 11.6. The molecule has 0 saturated heterocycles. The minimum absolute atomic E-state index is 0.0192. The van der Waals surface area contributed by atoms with Crippen LogP contribution in [0.2, 0.25) is 0 Å². The molecule has 1 aromatic carbocycles. The van der Waals surface area contributed by atoms with Crippen LogP contribution in [0.5, 0.6) is 0 Å². The molecule has 1 aromatic rings. The summed E-state index contributed by atoms with van der Waals surface area (Å²) in [4.78, 5) is 11.4. The molecule has 5 heteroatoms. The van der Waals surface area contributed by atoms with Crippen LogP contribution in [-0.2, 0) is 16.4 Å². The molecule has 1 aliphatic heterocycles. The van der Waals surface area contributed by atoms with Gasteiger partial charge in [0.05, 0.1) is 11.4 Å². The molecule has 108 valence electrons. The van der Waals surface area contributed by atoms with Gasteiger partial charge in [0.1, 0.15) is 0 Å². The summed E-state index contributed by atoms with van der Waals surface area (Å²) in [5.41, 5.74) is 2.40. The summed E-state index contributed by atoms with van der Waals surface area (Å²) < 4.78 is 26.5. The van der Waals surface area contributed by atoms with Crippen molar-refractivity contribution in [3.05, 3.63) is 29.3 Å². The van der Waals surface area contributed by atoms with E-state index in [9.17, 15) is 13.2 Å². The van der Waals surface area contributed by atoms with Gasteiger partial charge in [-0.1, -0.05) is 0 Å². The van der Waals surface area contributed by atoms with Crippen LogP contribution in [0, 0.1) is 5.92 Å². The van der Waals surface area contributed by atoms with E-state index in [1.165, 1.54) is 6.92 Å². The number of aryl methyl sites for hydroxylation is 1. The van der Waals surface area contributed by atoms with Gasteiger partial charge < -0.3 is 0 Å². The Labute approximate surface area is 119 Å². The molecule has 20 heavy (non-hydrogen) atoms. The van der Waals surface area contributed by atoms with Crippen LogP contribution in [0.15, 0.2) is 18.2 Å². The van der Waals surface area contributed by atoms with E-state index in [-0.39, 0.29) is 11.5 Å². The summed E-state index contributed by atoms with van der Waals surface area (Å²) in [7, 11) is -3.22. The molecular weight excluding hydrogens is 274 g/mol. The maximum Gasteiger partial charge on any atom is 0.235 e. The first kappa shape index (κ1) is 13.6. The fourth-order valence-electron chi connectivity index (χ4n) is 2.74. The molecular formula is C15H19NO3S. The zero-order chi connectivity index (χ0) is 14.3. The Bertz CT molecular complexity index is 647. The first-order valence-corrected chi connectivity index (χ1v) is 8.72. The molecule has 0 N–H and O–H groups in total. The van der Waals surface area contributed by atoms with Crippen LogP contribution in [0.1, 0.15) is 42.1 Å². The molecule has 2 aliphatic rings. The molecule has 0 atom stereocenters. The van der Waals surface area contributed by atoms with E-state index in [4.69, 9.17) is 0 Å². The number of carbonyl (C=O) groups excluding carboxylic acids is 1. The number of sulfonamides is 1. The molecule has 1 fully saturated rings. The lowest BCUT2D eigenvalue weighted by molar-refractivity contribution is 0.101. The van der Waals surface area contributed by atoms with Crippen molar-refractivity contribution in [2.75, 3.05) is 16.6 Å². The van der Waals surface area contributed by atoms with E-state index in [0.717, 1.165) is 36.9 Å². The van der Waals surface area contributed by atoms with Crippen LogP contribution < -0.4 is 4.31 Å². The van der Waals surface area contributed by atoms with Crippen molar-refractivity contribution < 1.29 is 13.2 Å². The number of benzene rings is 1. The third-order valence-corrected chi connectivity index (χ3v) is 5.98. The number of nitrogens with zero attached hydrogens (tertiary/aromatic N) is 1. The highest BCUT2D eigenvalue weighted by Crippen LogP contribution is 2.35. The highest BCUT2D eigenvalue weighted by atomic mass is 32.2. The van der Waals surface area contributed by atoms with Crippen LogP contribution in [0.25, 0.3) is 0 Å². The summed E-state index contributed by atoms with van der Waals surface area (Å²) in [5.74, 6) is 0.633. The summed E-state index contributed by atoms with van der Waals surface area (Å²) in [6, 6.07) is 5.36. The average molecular weight is 293 g/mol. The van der Waals surface area contributed by atoms with Crippen molar-refractivity contribution in [2.24, 2.45) is 5.92 Å². The van der Waals surface area contributed by atoms with E-state index < -0.39 is 10.0 Å². The van der Waals surface area contributed by atoms with Crippen molar-refractivity contribution in [1.29, 1.82) is 0 Å². The lowest BCUT2D eigenvalue weighted by Crippen LogP contribution is -2.37. The van der Waals surface area contributed by atoms with Gasteiger partial charge in [0.2, 0.25) is 10.0 Å². The molecule has 0 radical (unpaired) electrons. The molecule has 1 saturated carbocycles. The Kier molecular flexibility index (Phi) is 3.32. The molecule has 0 aromatic heterocycles. The Morgan fingerprint density at radius 2 is 2.10 bits per heavy atom. The van der Waals surface area contributed by atoms with Crippen molar-refractivity contribution in [3.8, 4) is 0 Å². The Morgan fingerprint density at radius 1 is 1.35 bits per heavy atom. The molecule has 0 spiro atoms. The standard InChI is InChI=1S/C15H19NO3S/c1-11(17)13-6-7-15-14(9-13)3-2-8-16(15)20(18,19)10-12-4-5-12/h6-7,9,12H,2-5,8,10H2,1H3. The minimum atomic E-state index is -3.22. The van der Waals surface area contributed by atoms with Crippen LogP contribution in [-0.4, -0.2) is 26.5 Å². The van der Waals surface area contributed by atoms with Gasteiger partial charge >= 0.3 is 0 Å². The number of hydrogen-bond acceptors (Lipinski definition) is 3. The summed E-state index contributed by atoms with van der Waals surface area (Å²) >= 11 is 0. The second-order valence-corrected chi connectivity index (χ2v) is 7.74. The number of Topliss-reactive ketones (excluding diaryl/α,β-unsaturated/α-hetero) is 1. The second-order valence-electron chi connectivity index (χ2n) is 5.80. The number of hydrogen-bond donors (Lipinski definition) is 0. The smallest absolute Gasteiger partial charge is 0.235 e. The quantitative estimate of drug-likeness (QED) is 0.801. The van der Waals surface area contributed by atoms with Gasteiger partial charge in [0, 0.05) is 12.1 Å². The highest BCUT2D eigenvalue weighted by Gasteiger charge is 2.34. The number of carbonyl (C=O) groups is 1. The molecule has 0 amide bonds. The SMILES string of the molecule is CC(=O)c1ccc2c(c1)CCCN2S(=O)(=O)CC1CC1. The van der Waals surface area contributed by atoms with Gasteiger partial charge in [-0.25, -0.2) is 8.42 Å². The summed E-state index contributed by atoms with van der Waals surface area (Å²) in [5, 5.41) is 0. The maximum absolute atomic E-state index is 12.5. The molecule has 1 heterocycles. The van der Waals surface area contributed by atoms with Crippen LogP contribution >= 0.6 is 0 Å². The molecule has 1 aliphatic carbocycles. The van der Waals surface area contributed by atoms with Crippen molar-refractivity contribution in [3.63, 3.8) is 0 Å². The Balaban J connectivity index is 1.95. The maximum atomic E-state index is 12.5. The van der Waals surface area contributed by atoms with Gasteiger partial charge in [0.15, 0.2) is 5.78 Å². The number of rotatable bonds is 4. The normalized spacial score (nSPS) is 18.8. The predicted octanol–water partition coefficient (Wildman–Crippen LogP) is 2.38. The predicted molar refractivity (Wildman–Crippen MR) is 78.6 cm³/mol. The number of anilines is 1. The zero-order valence-corrected chi connectivity index (χ0v) is 12.4. The second kappa shape index (κ2) is 4.88. The van der Waals surface area contributed by atoms with E-state index in [2.05, 4.69) is 0 Å². The van der Waals surface area contributed by atoms with E-state index >= 15 is 0 Å². The largest absolute Gasteiger partial charge is 0.295 e. The molecule has 0 unspecified atom stereocenters. The van der Waals surface area contributed by atoms with Crippen molar-refractivity contribution in [2.45, 2.75) is 32.6 Å². The number of ketones is 1. The number of fused-ring (bicyclic) bond motifs is 1. The van der Waals surface area contributed by atoms with Gasteiger partial charge in [-0.05, 0) is 62.3 Å². The molecule has 4 nitrogen and oxygen atoms in total. The van der Waals surface area contributed by atoms with E-state index in [1.54, 1.807) is 16.4 Å². The first-order valence-electron chi connectivity index (χ1n) is 7.11. The lowest BCUT2D eigenvalue weighted by Gasteiger charge is -2.30. The van der Waals surface area contributed by atoms with Crippen LogP contribution in [0.3, 0.4) is 0 Å². The van der Waals surface area contributed by atoms with Gasteiger partial charge in [-0.15, -0.1) is 0 Å². The summed E-state index contributed by atoms with van der Waals surface area (Å²) in [6.07, 6.45) is 3.72. The van der Waals surface area contributed by atoms with Crippen molar-refractivity contribution >= 4 is 21.5 Å². The third kappa shape index (κ3) is 2.59. The van der Waals surface area contributed by atoms with E-state index in [1.807, 2.05) is 6.07 Å². The monoisotopic (exact) mass is 293 g/mol. The Morgan fingerprint density at radius 3 is 2.75 bits per heavy atom. The fourth-order valence-corrected chi connectivity index (χ4v) is 4.74. The van der Waals surface area contributed by atoms with Gasteiger partial charge in [0.25, 0.3) is 0 Å².